The number of amides is 2. The van der Waals surface area contributed by atoms with E-state index in [1.807, 2.05) is 13.8 Å². The van der Waals surface area contributed by atoms with E-state index >= 15 is 0 Å². The lowest BCUT2D eigenvalue weighted by Crippen LogP contribution is -2.66. The number of rotatable bonds is 8. The summed E-state index contributed by atoms with van der Waals surface area (Å²) in [5, 5.41) is 9.73. The van der Waals surface area contributed by atoms with Crippen LogP contribution < -0.4 is 0 Å². The van der Waals surface area contributed by atoms with Gasteiger partial charge in [-0.3, -0.25) is 9.69 Å². The SMILES string of the molecule is CC(C)C[C@@H](C(=O)N(C)C(CC12CC(F)(C1)C2)C(=O)O)N(C)C(=O)OC(C)(C)C. The quantitative estimate of drug-likeness (QED) is 0.657. The average Bonchev–Trinajstić information content (AvgIpc) is 2.50. The number of carboxylic acids is 1. The van der Waals surface area contributed by atoms with Gasteiger partial charge in [0.25, 0.3) is 0 Å². The van der Waals surface area contributed by atoms with Crippen molar-refractivity contribution in [3.05, 3.63) is 0 Å². The number of carboxylic acid groups (broad SMARTS) is 1. The predicted octanol–water partition coefficient (Wildman–Crippen LogP) is 3.46. The highest BCUT2D eigenvalue weighted by Crippen LogP contribution is 2.71. The van der Waals surface area contributed by atoms with Crippen molar-refractivity contribution < 1.29 is 28.6 Å². The second-order valence-electron chi connectivity index (χ2n) is 10.4. The first-order valence-corrected chi connectivity index (χ1v) is 10.2. The zero-order valence-corrected chi connectivity index (χ0v) is 18.6. The number of alkyl halides is 1. The number of aliphatic carboxylic acids is 1. The Morgan fingerprint density at radius 3 is 1.97 bits per heavy atom. The highest BCUT2D eigenvalue weighted by Gasteiger charge is 2.69. The molecule has 0 aromatic carbocycles. The number of halogens is 1. The summed E-state index contributed by atoms with van der Waals surface area (Å²) in [5.74, 6) is -1.45. The van der Waals surface area contributed by atoms with Gasteiger partial charge in [-0.1, -0.05) is 13.8 Å². The van der Waals surface area contributed by atoms with E-state index in [4.69, 9.17) is 4.74 Å². The Morgan fingerprint density at radius 2 is 1.59 bits per heavy atom. The van der Waals surface area contributed by atoms with Crippen LogP contribution in [0.2, 0.25) is 0 Å². The lowest BCUT2D eigenvalue weighted by atomic mass is 9.41. The summed E-state index contributed by atoms with van der Waals surface area (Å²) in [6, 6.07) is -1.88. The van der Waals surface area contributed by atoms with Crippen molar-refractivity contribution in [2.24, 2.45) is 11.3 Å². The van der Waals surface area contributed by atoms with Gasteiger partial charge in [0.05, 0.1) is 0 Å². The molecule has 2 atom stereocenters. The molecule has 7 nitrogen and oxygen atoms in total. The lowest BCUT2D eigenvalue weighted by Gasteiger charge is -2.67. The van der Waals surface area contributed by atoms with Crippen LogP contribution in [0.15, 0.2) is 0 Å². The van der Waals surface area contributed by atoms with E-state index in [2.05, 4.69) is 0 Å². The fraction of sp³-hybridized carbons (Fsp3) is 0.857. The number of hydrogen-bond donors (Lipinski definition) is 1. The highest BCUT2D eigenvalue weighted by atomic mass is 19.1. The summed E-state index contributed by atoms with van der Waals surface area (Å²) in [5.41, 5.74) is -2.14. The van der Waals surface area contributed by atoms with Crippen molar-refractivity contribution in [1.82, 2.24) is 9.80 Å². The standard InChI is InChI=1S/C21H35FN2O5/c1-13(2)8-14(24(7)18(28)29-19(3,4)5)16(25)23(6)15(17(26)27)9-20-10-21(22,11-20)12-20/h13-15H,8-12H2,1-7H3,(H,26,27)/t14-,15?,20?,21?/m0/s1. The molecule has 0 heterocycles. The molecule has 2 amide bonds. The molecule has 166 valence electrons. The summed E-state index contributed by atoms with van der Waals surface area (Å²) in [6.45, 7) is 9.09. The molecule has 3 saturated carbocycles. The van der Waals surface area contributed by atoms with Crippen molar-refractivity contribution in [2.45, 2.75) is 90.1 Å². The third kappa shape index (κ3) is 5.20. The normalized spacial score (nSPS) is 27.3. The van der Waals surface area contributed by atoms with Gasteiger partial charge in [0.2, 0.25) is 5.91 Å². The van der Waals surface area contributed by atoms with E-state index in [0.717, 1.165) is 0 Å². The van der Waals surface area contributed by atoms with Crippen LogP contribution in [-0.2, 0) is 14.3 Å². The van der Waals surface area contributed by atoms with Crippen molar-refractivity contribution >= 4 is 18.0 Å². The Morgan fingerprint density at radius 1 is 1.07 bits per heavy atom. The average molecular weight is 415 g/mol. The van der Waals surface area contributed by atoms with Crippen molar-refractivity contribution in [3.63, 3.8) is 0 Å². The Hall–Kier alpha value is -1.86. The summed E-state index contributed by atoms with van der Waals surface area (Å²) >= 11 is 0. The van der Waals surface area contributed by atoms with Crippen LogP contribution in [0.1, 0.15) is 66.7 Å². The molecule has 3 fully saturated rings. The first kappa shape index (κ1) is 23.4. The first-order valence-electron chi connectivity index (χ1n) is 10.2. The van der Waals surface area contributed by atoms with E-state index in [1.165, 1.54) is 23.9 Å². The molecule has 3 aliphatic carbocycles. The topological polar surface area (TPSA) is 87.2 Å². The summed E-state index contributed by atoms with van der Waals surface area (Å²) in [6.07, 6.45) is 1.11. The maximum Gasteiger partial charge on any atom is 0.410 e. The molecule has 0 saturated heterocycles. The molecule has 0 radical (unpaired) electrons. The third-order valence-electron chi connectivity index (χ3n) is 5.93. The molecule has 3 rings (SSSR count). The van der Waals surface area contributed by atoms with Crippen molar-refractivity contribution in [3.8, 4) is 0 Å². The molecule has 3 aliphatic rings. The second kappa shape index (κ2) is 7.76. The van der Waals surface area contributed by atoms with Crippen LogP contribution >= 0.6 is 0 Å². The molecular weight excluding hydrogens is 379 g/mol. The molecule has 1 unspecified atom stereocenters. The van der Waals surface area contributed by atoms with Gasteiger partial charge < -0.3 is 14.7 Å². The first-order chi connectivity index (χ1) is 13.1. The minimum absolute atomic E-state index is 0.106. The van der Waals surface area contributed by atoms with Crippen LogP contribution in [0.4, 0.5) is 9.18 Å². The monoisotopic (exact) mass is 414 g/mol. The number of ether oxygens (including phenoxy) is 1. The van der Waals surface area contributed by atoms with Crippen LogP contribution in [0.3, 0.4) is 0 Å². The maximum absolute atomic E-state index is 13.8. The zero-order valence-electron chi connectivity index (χ0n) is 18.6. The Kier molecular flexibility index (Phi) is 6.27. The van der Waals surface area contributed by atoms with E-state index in [9.17, 15) is 23.9 Å². The molecule has 0 spiro atoms. The van der Waals surface area contributed by atoms with Gasteiger partial charge in [0.1, 0.15) is 23.4 Å². The van der Waals surface area contributed by atoms with Gasteiger partial charge in [-0.2, -0.15) is 0 Å². The minimum atomic E-state index is -1.12. The summed E-state index contributed by atoms with van der Waals surface area (Å²) in [7, 11) is 2.95. The van der Waals surface area contributed by atoms with Gasteiger partial charge in [0, 0.05) is 14.1 Å². The number of nitrogens with zero attached hydrogens (tertiary/aromatic N) is 2. The van der Waals surface area contributed by atoms with E-state index in [-0.39, 0.29) is 17.8 Å². The smallest absolute Gasteiger partial charge is 0.410 e. The van der Waals surface area contributed by atoms with Gasteiger partial charge in [-0.25, -0.2) is 14.0 Å². The molecular formula is C21H35FN2O5. The molecule has 0 aliphatic heterocycles. The largest absolute Gasteiger partial charge is 0.480 e. The zero-order chi connectivity index (χ0) is 22.4. The summed E-state index contributed by atoms with van der Waals surface area (Å²) in [4.78, 5) is 40.1. The Balaban J connectivity index is 2.14. The van der Waals surface area contributed by atoms with Gasteiger partial charge in [-0.05, 0) is 64.2 Å². The predicted molar refractivity (Wildman–Crippen MR) is 106 cm³/mol. The van der Waals surface area contributed by atoms with E-state index < -0.39 is 41.3 Å². The Bertz CT molecular complexity index is 653. The molecule has 0 aromatic heterocycles. The van der Waals surface area contributed by atoms with E-state index in [1.54, 1.807) is 20.8 Å². The van der Waals surface area contributed by atoms with Crippen molar-refractivity contribution in [2.75, 3.05) is 14.1 Å². The minimum Gasteiger partial charge on any atom is -0.480 e. The lowest BCUT2D eigenvalue weighted by molar-refractivity contribution is -0.224. The maximum atomic E-state index is 13.8. The van der Waals surface area contributed by atoms with Gasteiger partial charge in [-0.15, -0.1) is 0 Å². The van der Waals surface area contributed by atoms with Crippen LogP contribution in [-0.4, -0.2) is 70.3 Å². The second-order valence-corrected chi connectivity index (χ2v) is 10.4. The van der Waals surface area contributed by atoms with Gasteiger partial charge in [0.15, 0.2) is 0 Å². The molecule has 1 N–H and O–H groups in total. The molecule has 2 bridgehead atoms. The molecule has 29 heavy (non-hydrogen) atoms. The Labute approximate surface area is 172 Å². The fourth-order valence-corrected chi connectivity index (χ4v) is 4.60. The van der Waals surface area contributed by atoms with E-state index in [0.29, 0.717) is 25.7 Å². The van der Waals surface area contributed by atoms with Gasteiger partial charge >= 0.3 is 12.1 Å². The number of likely N-dealkylation sites (N-methyl/N-ethyl adjacent to an activating group) is 2. The number of hydrogen-bond acceptors (Lipinski definition) is 4. The number of carbonyl (C=O) groups excluding carboxylic acids is 2. The van der Waals surface area contributed by atoms with Crippen LogP contribution in [0.5, 0.6) is 0 Å². The number of carbonyl (C=O) groups is 3. The fourth-order valence-electron chi connectivity index (χ4n) is 4.60. The molecule has 0 aromatic rings. The highest BCUT2D eigenvalue weighted by molar-refractivity contribution is 5.89. The van der Waals surface area contributed by atoms with Crippen LogP contribution in [0.25, 0.3) is 0 Å². The van der Waals surface area contributed by atoms with Crippen LogP contribution in [0, 0.1) is 11.3 Å². The molecule has 8 heteroatoms. The third-order valence-corrected chi connectivity index (χ3v) is 5.93. The summed E-state index contributed by atoms with van der Waals surface area (Å²) < 4.78 is 19.2. The van der Waals surface area contributed by atoms with Crippen molar-refractivity contribution in [1.29, 1.82) is 0 Å².